The molecule has 0 saturated heterocycles. The summed E-state index contributed by atoms with van der Waals surface area (Å²) in [6.07, 6.45) is 1.63. The molecule has 0 aromatic carbocycles. The first-order chi connectivity index (χ1) is 6.59. The van der Waals surface area contributed by atoms with E-state index in [1.165, 1.54) is 0 Å². The summed E-state index contributed by atoms with van der Waals surface area (Å²) in [5.74, 6) is 1.35. The van der Waals surface area contributed by atoms with Crippen LogP contribution in [0, 0.1) is 0 Å². The van der Waals surface area contributed by atoms with Crippen LogP contribution in [0.15, 0.2) is 18.3 Å². The second kappa shape index (κ2) is 3.17. The second-order valence-electron chi connectivity index (χ2n) is 3.56. The first-order valence-corrected chi connectivity index (χ1v) is 4.84. The van der Waals surface area contributed by atoms with Gasteiger partial charge >= 0.3 is 0 Å². The number of hydrogen-bond acceptors (Lipinski definition) is 2. The van der Waals surface area contributed by atoms with Crippen LogP contribution in [0.25, 0.3) is 5.52 Å². The van der Waals surface area contributed by atoms with E-state index in [1.807, 2.05) is 18.2 Å². The van der Waals surface area contributed by atoms with Crippen molar-refractivity contribution in [3.63, 3.8) is 0 Å². The average molecular weight is 211 g/mol. The number of nitrogens with zero attached hydrogens (tertiary/aromatic N) is 2. The lowest BCUT2D eigenvalue weighted by Crippen LogP contribution is -1.95. The van der Waals surface area contributed by atoms with Crippen molar-refractivity contribution in [2.45, 2.75) is 19.8 Å². The number of halogens is 1. The van der Waals surface area contributed by atoms with E-state index in [0.29, 0.717) is 5.15 Å². The standard InChI is InChI=1S/C10H11ClN2O/c1-6(2)10-12-9(11)8-4-3-7(14)5-13(8)10/h3-6,14H,1-2H3. The fourth-order valence-corrected chi connectivity index (χ4v) is 1.71. The van der Waals surface area contributed by atoms with Crippen LogP contribution in [-0.4, -0.2) is 14.5 Å². The van der Waals surface area contributed by atoms with Crippen molar-refractivity contribution in [1.82, 2.24) is 9.38 Å². The zero-order valence-electron chi connectivity index (χ0n) is 8.03. The van der Waals surface area contributed by atoms with E-state index in [2.05, 4.69) is 4.98 Å². The fraction of sp³-hybridized carbons (Fsp3) is 0.300. The van der Waals surface area contributed by atoms with Crippen molar-refractivity contribution in [3.05, 3.63) is 29.3 Å². The van der Waals surface area contributed by atoms with Gasteiger partial charge in [-0.1, -0.05) is 25.4 Å². The van der Waals surface area contributed by atoms with Crippen LogP contribution in [0.4, 0.5) is 0 Å². The molecule has 2 aromatic rings. The molecule has 0 radical (unpaired) electrons. The third kappa shape index (κ3) is 1.34. The van der Waals surface area contributed by atoms with Gasteiger partial charge in [-0.15, -0.1) is 0 Å². The average Bonchev–Trinajstić information content (AvgIpc) is 2.43. The summed E-state index contributed by atoms with van der Waals surface area (Å²) < 4.78 is 1.82. The molecular formula is C10H11ClN2O. The van der Waals surface area contributed by atoms with Crippen LogP contribution in [0.1, 0.15) is 25.6 Å². The predicted molar refractivity (Wildman–Crippen MR) is 56.0 cm³/mol. The van der Waals surface area contributed by atoms with E-state index in [4.69, 9.17) is 11.6 Å². The van der Waals surface area contributed by atoms with Gasteiger partial charge in [-0.05, 0) is 12.1 Å². The lowest BCUT2D eigenvalue weighted by Gasteiger charge is -2.03. The van der Waals surface area contributed by atoms with Gasteiger partial charge in [0, 0.05) is 5.92 Å². The summed E-state index contributed by atoms with van der Waals surface area (Å²) in [4.78, 5) is 4.25. The van der Waals surface area contributed by atoms with E-state index < -0.39 is 0 Å². The minimum absolute atomic E-state index is 0.216. The molecule has 0 unspecified atom stereocenters. The Kier molecular flexibility index (Phi) is 2.11. The molecule has 1 N–H and O–H groups in total. The van der Waals surface area contributed by atoms with Crippen molar-refractivity contribution in [3.8, 4) is 5.75 Å². The molecule has 0 fully saturated rings. The molecule has 74 valence electrons. The minimum Gasteiger partial charge on any atom is -0.506 e. The molecule has 0 aliphatic carbocycles. The summed E-state index contributed by atoms with van der Waals surface area (Å²) in [5, 5.41) is 9.83. The zero-order valence-corrected chi connectivity index (χ0v) is 8.78. The van der Waals surface area contributed by atoms with E-state index in [-0.39, 0.29) is 11.7 Å². The van der Waals surface area contributed by atoms with Gasteiger partial charge in [0.1, 0.15) is 11.6 Å². The van der Waals surface area contributed by atoms with Crippen molar-refractivity contribution in [1.29, 1.82) is 0 Å². The molecule has 0 spiro atoms. The molecule has 2 heterocycles. The third-order valence-electron chi connectivity index (χ3n) is 2.12. The number of imidazole rings is 1. The van der Waals surface area contributed by atoms with Gasteiger partial charge in [0.25, 0.3) is 0 Å². The Morgan fingerprint density at radius 1 is 1.43 bits per heavy atom. The molecule has 0 bridgehead atoms. The van der Waals surface area contributed by atoms with Crippen molar-refractivity contribution < 1.29 is 5.11 Å². The molecule has 0 aliphatic heterocycles. The maximum Gasteiger partial charge on any atom is 0.155 e. The fourth-order valence-electron chi connectivity index (χ4n) is 1.47. The molecule has 2 aromatic heterocycles. The predicted octanol–water partition coefficient (Wildman–Crippen LogP) is 2.82. The molecule has 0 atom stereocenters. The smallest absolute Gasteiger partial charge is 0.155 e. The molecule has 0 aliphatic rings. The Labute approximate surface area is 87.0 Å². The molecule has 0 saturated carbocycles. The first-order valence-electron chi connectivity index (χ1n) is 4.46. The van der Waals surface area contributed by atoms with Gasteiger partial charge in [-0.3, -0.25) is 4.40 Å². The summed E-state index contributed by atoms with van der Waals surface area (Å²) in [6.45, 7) is 4.07. The van der Waals surface area contributed by atoms with E-state index >= 15 is 0 Å². The van der Waals surface area contributed by atoms with Gasteiger partial charge in [-0.2, -0.15) is 0 Å². The van der Waals surface area contributed by atoms with Crippen LogP contribution < -0.4 is 0 Å². The maximum absolute atomic E-state index is 9.35. The first kappa shape index (κ1) is 9.34. The molecule has 4 heteroatoms. The minimum atomic E-state index is 0.216. The largest absolute Gasteiger partial charge is 0.506 e. The van der Waals surface area contributed by atoms with Gasteiger partial charge in [0.05, 0.1) is 11.7 Å². The second-order valence-corrected chi connectivity index (χ2v) is 3.92. The third-order valence-corrected chi connectivity index (χ3v) is 2.40. The van der Waals surface area contributed by atoms with E-state index in [9.17, 15) is 5.11 Å². The summed E-state index contributed by atoms with van der Waals surface area (Å²) in [5.41, 5.74) is 0.827. The SMILES string of the molecule is CC(C)c1nc(Cl)c2ccc(O)cn12. The van der Waals surface area contributed by atoms with Crippen LogP contribution >= 0.6 is 11.6 Å². The highest BCUT2D eigenvalue weighted by molar-refractivity contribution is 6.32. The van der Waals surface area contributed by atoms with Gasteiger partial charge < -0.3 is 5.11 Å². The Bertz CT molecular complexity index is 476. The van der Waals surface area contributed by atoms with Crippen molar-refractivity contribution >= 4 is 17.1 Å². The monoisotopic (exact) mass is 210 g/mol. The highest BCUT2D eigenvalue weighted by Gasteiger charge is 2.12. The lowest BCUT2D eigenvalue weighted by molar-refractivity contribution is 0.471. The Hall–Kier alpha value is -1.22. The Balaban J connectivity index is 2.79. The highest BCUT2D eigenvalue weighted by Crippen LogP contribution is 2.24. The summed E-state index contributed by atoms with van der Waals surface area (Å²) >= 11 is 5.96. The Morgan fingerprint density at radius 2 is 2.14 bits per heavy atom. The van der Waals surface area contributed by atoms with Crippen LogP contribution in [0.5, 0.6) is 5.75 Å². The maximum atomic E-state index is 9.35. The van der Waals surface area contributed by atoms with Crippen LogP contribution in [-0.2, 0) is 0 Å². The molecule has 3 nitrogen and oxygen atoms in total. The quantitative estimate of drug-likeness (QED) is 0.786. The summed E-state index contributed by atoms with van der Waals surface area (Å²) in [7, 11) is 0. The number of pyridine rings is 1. The number of hydrogen-bond donors (Lipinski definition) is 1. The Morgan fingerprint density at radius 3 is 2.79 bits per heavy atom. The molecule has 14 heavy (non-hydrogen) atoms. The normalized spacial score (nSPS) is 11.4. The van der Waals surface area contributed by atoms with Crippen molar-refractivity contribution in [2.75, 3.05) is 0 Å². The highest BCUT2D eigenvalue weighted by atomic mass is 35.5. The van der Waals surface area contributed by atoms with Crippen LogP contribution in [0.2, 0.25) is 5.15 Å². The topological polar surface area (TPSA) is 37.5 Å². The summed E-state index contributed by atoms with van der Waals surface area (Å²) in [6, 6.07) is 3.36. The van der Waals surface area contributed by atoms with E-state index in [0.717, 1.165) is 11.3 Å². The zero-order chi connectivity index (χ0) is 10.3. The van der Waals surface area contributed by atoms with E-state index in [1.54, 1.807) is 18.3 Å². The number of aromatic nitrogens is 2. The molecule has 0 amide bonds. The van der Waals surface area contributed by atoms with Gasteiger partial charge in [0.15, 0.2) is 5.15 Å². The molecule has 2 rings (SSSR count). The number of fused-ring (bicyclic) bond motifs is 1. The number of aromatic hydroxyl groups is 1. The lowest BCUT2D eigenvalue weighted by atomic mass is 10.2. The molecular weight excluding hydrogens is 200 g/mol. The number of rotatable bonds is 1. The van der Waals surface area contributed by atoms with Crippen LogP contribution in [0.3, 0.4) is 0 Å². The van der Waals surface area contributed by atoms with Crippen molar-refractivity contribution in [2.24, 2.45) is 0 Å². The van der Waals surface area contributed by atoms with Gasteiger partial charge in [0.2, 0.25) is 0 Å². The van der Waals surface area contributed by atoms with Gasteiger partial charge in [-0.25, -0.2) is 4.98 Å².